The van der Waals surface area contributed by atoms with Gasteiger partial charge in [0, 0.05) is 12.5 Å². The summed E-state index contributed by atoms with van der Waals surface area (Å²) in [6, 6.07) is 3.66. The predicted octanol–water partition coefficient (Wildman–Crippen LogP) is 3.35. The summed E-state index contributed by atoms with van der Waals surface area (Å²) in [5, 5.41) is 21.5. The van der Waals surface area contributed by atoms with Gasteiger partial charge in [-0.1, -0.05) is 6.42 Å². The molecule has 0 spiro atoms. The summed E-state index contributed by atoms with van der Waals surface area (Å²) < 4.78 is 0. The number of thioether (sulfide) groups is 1. The highest BCUT2D eigenvalue weighted by molar-refractivity contribution is 7.99. The van der Waals surface area contributed by atoms with Gasteiger partial charge in [0.15, 0.2) is 0 Å². The van der Waals surface area contributed by atoms with Crippen LogP contribution < -0.4 is 0 Å². The van der Waals surface area contributed by atoms with Gasteiger partial charge in [0.1, 0.15) is 6.29 Å². The molecule has 0 unspecified atom stereocenters. The Balaban J connectivity index is 2.62. The quantitative estimate of drug-likeness (QED) is 0.228. The van der Waals surface area contributed by atoms with Crippen LogP contribution in [0.1, 0.15) is 25.7 Å². The number of unbranched alkanes of at least 4 members (excludes halogenated alkanes) is 3. The zero-order valence-electron chi connectivity index (χ0n) is 10.7. The highest BCUT2D eigenvalue weighted by Gasteiger charge is 2.19. The highest BCUT2D eigenvalue weighted by atomic mass is 32.2. The summed E-state index contributed by atoms with van der Waals surface area (Å²) in [4.78, 5) is 30.8. The topological polar surface area (TPSA) is 103 Å². The number of nitro groups is 2. The minimum Gasteiger partial charge on any atom is -0.303 e. The van der Waals surface area contributed by atoms with Gasteiger partial charge >= 0.3 is 0 Å². The van der Waals surface area contributed by atoms with Crippen molar-refractivity contribution in [3.05, 3.63) is 38.4 Å². The van der Waals surface area contributed by atoms with Gasteiger partial charge in [-0.2, -0.15) is 0 Å². The van der Waals surface area contributed by atoms with Crippen molar-refractivity contribution in [3.63, 3.8) is 0 Å². The summed E-state index contributed by atoms with van der Waals surface area (Å²) in [6.07, 6.45) is 3.93. The summed E-state index contributed by atoms with van der Waals surface area (Å²) >= 11 is 1.30. The molecule has 1 rings (SSSR count). The first-order valence-corrected chi connectivity index (χ1v) is 7.04. The molecular weight excluding hydrogens is 284 g/mol. The van der Waals surface area contributed by atoms with Crippen LogP contribution in [-0.4, -0.2) is 21.9 Å². The van der Waals surface area contributed by atoms with Crippen LogP contribution in [-0.2, 0) is 4.79 Å². The minimum absolute atomic E-state index is 0.239. The molecule has 0 bridgehead atoms. The van der Waals surface area contributed by atoms with Crippen LogP contribution in [0.25, 0.3) is 0 Å². The Morgan fingerprint density at radius 2 is 1.85 bits per heavy atom. The molecule has 0 saturated heterocycles. The van der Waals surface area contributed by atoms with E-state index in [1.807, 2.05) is 0 Å². The van der Waals surface area contributed by atoms with Gasteiger partial charge in [-0.25, -0.2) is 0 Å². The Morgan fingerprint density at radius 1 is 1.10 bits per heavy atom. The maximum absolute atomic E-state index is 10.9. The van der Waals surface area contributed by atoms with E-state index in [2.05, 4.69) is 0 Å². The Labute approximate surface area is 119 Å². The molecule has 0 heterocycles. The van der Waals surface area contributed by atoms with Crippen molar-refractivity contribution in [2.75, 3.05) is 5.75 Å². The summed E-state index contributed by atoms with van der Waals surface area (Å²) in [7, 11) is 0. The molecule has 0 atom stereocenters. The molecule has 1 aromatic carbocycles. The van der Waals surface area contributed by atoms with Gasteiger partial charge in [0.05, 0.1) is 20.8 Å². The van der Waals surface area contributed by atoms with E-state index in [1.54, 1.807) is 0 Å². The van der Waals surface area contributed by atoms with Crippen molar-refractivity contribution in [3.8, 4) is 0 Å². The molecule has 8 heteroatoms. The molecule has 0 aliphatic rings. The van der Waals surface area contributed by atoms with Crippen LogP contribution in [0.3, 0.4) is 0 Å². The zero-order valence-corrected chi connectivity index (χ0v) is 11.5. The number of carbonyl (C=O) groups excluding carboxylic acids is 1. The number of aldehydes is 1. The van der Waals surface area contributed by atoms with Crippen molar-refractivity contribution >= 4 is 29.4 Å². The third-order valence-corrected chi connectivity index (χ3v) is 3.72. The number of benzene rings is 1. The van der Waals surface area contributed by atoms with E-state index < -0.39 is 9.85 Å². The van der Waals surface area contributed by atoms with E-state index in [9.17, 15) is 25.0 Å². The second-order valence-corrected chi connectivity index (χ2v) is 5.17. The van der Waals surface area contributed by atoms with Crippen LogP contribution in [0.15, 0.2) is 23.1 Å². The first kappa shape index (κ1) is 16.1. The summed E-state index contributed by atoms with van der Waals surface area (Å²) in [5.41, 5.74) is -0.524. The molecule has 0 fully saturated rings. The van der Waals surface area contributed by atoms with Gasteiger partial charge in [-0.3, -0.25) is 20.2 Å². The van der Waals surface area contributed by atoms with Crippen molar-refractivity contribution < 1.29 is 14.6 Å². The van der Waals surface area contributed by atoms with Crippen molar-refractivity contribution in [2.24, 2.45) is 0 Å². The van der Waals surface area contributed by atoms with Gasteiger partial charge in [0.25, 0.3) is 11.4 Å². The molecule has 0 aliphatic carbocycles. The van der Waals surface area contributed by atoms with Crippen molar-refractivity contribution in [1.29, 1.82) is 0 Å². The van der Waals surface area contributed by atoms with Crippen molar-refractivity contribution in [2.45, 2.75) is 30.6 Å². The molecular formula is C12H14N2O5S. The molecule has 0 N–H and O–H groups in total. The maximum Gasteiger partial charge on any atom is 0.289 e. The first-order valence-electron chi connectivity index (χ1n) is 6.05. The Hall–Kier alpha value is -1.96. The lowest BCUT2D eigenvalue weighted by atomic mass is 10.2. The second kappa shape index (κ2) is 8.26. The second-order valence-electron chi connectivity index (χ2n) is 4.03. The van der Waals surface area contributed by atoms with Crippen LogP contribution in [0.5, 0.6) is 0 Å². The fraction of sp³-hybridized carbons (Fsp3) is 0.417. The van der Waals surface area contributed by atoms with Gasteiger partial charge < -0.3 is 4.79 Å². The van der Waals surface area contributed by atoms with Crippen LogP contribution in [0, 0.1) is 20.2 Å². The highest BCUT2D eigenvalue weighted by Crippen LogP contribution is 2.32. The third kappa shape index (κ3) is 4.96. The number of nitrogens with zero attached hydrogens (tertiary/aromatic N) is 2. The largest absolute Gasteiger partial charge is 0.303 e. The Kier molecular flexibility index (Phi) is 6.65. The van der Waals surface area contributed by atoms with E-state index in [0.717, 1.165) is 31.6 Å². The first-order chi connectivity index (χ1) is 9.56. The normalized spacial score (nSPS) is 10.2. The van der Waals surface area contributed by atoms with E-state index in [-0.39, 0.29) is 11.4 Å². The smallest absolute Gasteiger partial charge is 0.289 e. The van der Waals surface area contributed by atoms with Crippen molar-refractivity contribution in [1.82, 2.24) is 0 Å². The zero-order chi connectivity index (χ0) is 15.0. The standard InChI is InChI=1S/C12H14N2O5S/c15-7-3-1-2-4-8-20-12-6-5-10(13(16)17)9-11(12)14(18)19/h5-7,9H,1-4,8H2. The fourth-order valence-corrected chi connectivity index (χ4v) is 2.59. The van der Waals surface area contributed by atoms with E-state index in [4.69, 9.17) is 0 Å². The van der Waals surface area contributed by atoms with E-state index >= 15 is 0 Å². The summed E-state index contributed by atoms with van der Waals surface area (Å²) in [5.74, 6) is 0.678. The number of non-ortho nitro benzene ring substituents is 1. The average Bonchev–Trinajstić information content (AvgIpc) is 2.42. The Bertz CT molecular complexity index is 507. The molecule has 0 amide bonds. The molecule has 0 radical (unpaired) electrons. The van der Waals surface area contributed by atoms with Crippen LogP contribution in [0.2, 0.25) is 0 Å². The predicted molar refractivity (Wildman–Crippen MR) is 75.0 cm³/mol. The molecule has 0 aliphatic heterocycles. The van der Waals surface area contributed by atoms with Gasteiger partial charge in [0.2, 0.25) is 0 Å². The SMILES string of the molecule is O=CCCCCCSc1ccc([N+](=O)[O-])cc1[N+](=O)[O-]. The number of rotatable bonds is 9. The number of carbonyl (C=O) groups is 1. The van der Waals surface area contributed by atoms with Gasteiger partial charge in [-0.15, -0.1) is 11.8 Å². The molecule has 20 heavy (non-hydrogen) atoms. The summed E-state index contributed by atoms with van der Waals surface area (Å²) in [6.45, 7) is 0. The van der Waals surface area contributed by atoms with Gasteiger partial charge in [-0.05, 0) is 24.7 Å². The van der Waals surface area contributed by atoms with E-state index in [0.29, 0.717) is 17.1 Å². The van der Waals surface area contributed by atoms with Crippen LogP contribution >= 0.6 is 11.8 Å². The number of hydrogen-bond acceptors (Lipinski definition) is 6. The third-order valence-electron chi connectivity index (χ3n) is 2.57. The fourth-order valence-electron chi connectivity index (χ4n) is 1.57. The molecule has 108 valence electrons. The molecule has 0 aromatic heterocycles. The number of hydrogen-bond donors (Lipinski definition) is 0. The lowest BCUT2D eigenvalue weighted by Gasteiger charge is -2.03. The number of nitro benzene ring substituents is 2. The van der Waals surface area contributed by atoms with E-state index in [1.165, 1.54) is 23.9 Å². The monoisotopic (exact) mass is 298 g/mol. The Morgan fingerprint density at radius 3 is 2.45 bits per heavy atom. The molecule has 0 saturated carbocycles. The average molecular weight is 298 g/mol. The molecule has 7 nitrogen and oxygen atoms in total. The molecule has 1 aromatic rings. The lowest BCUT2D eigenvalue weighted by molar-refractivity contribution is -0.396. The minimum atomic E-state index is -0.652. The van der Waals surface area contributed by atoms with Crippen LogP contribution in [0.4, 0.5) is 11.4 Å². The lowest BCUT2D eigenvalue weighted by Crippen LogP contribution is -1.95. The maximum atomic E-state index is 10.9.